The molecule has 0 amide bonds. The first kappa shape index (κ1) is 31.7. The van der Waals surface area contributed by atoms with E-state index in [-0.39, 0.29) is 12.5 Å². The summed E-state index contributed by atoms with van der Waals surface area (Å²) in [5.74, 6) is 1.46. The lowest BCUT2D eigenvalue weighted by atomic mass is 9.34. The zero-order chi connectivity index (χ0) is 34.4. The van der Waals surface area contributed by atoms with Crippen LogP contribution in [0.15, 0.2) is 158 Å². The fraction of sp³-hybridized carbons (Fsp3) is 0.149. The molecule has 6 aromatic rings. The number of allylic oxidation sites excluding steroid dienone is 1. The molecule has 1 atom stereocenters. The quantitative estimate of drug-likeness (QED) is 0.166. The first-order valence-electron chi connectivity index (χ1n) is 17.8. The summed E-state index contributed by atoms with van der Waals surface area (Å²) in [6, 6.07) is 48.8. The molecule has 0 fully saturated rings. The highest BCUT2D eigenvalue weighted by atomic mass is 15.4. The summed E-state index contributed by atoms with van der Waals surface area (Å²) in [7, 11) is 0. The van der Waals surface area contributed by atoms with Crippen molar-refractivity contribution in [1.29, 1.82) is 0 Å². The maximum atomic E-state index is 2.56. The van der Waals surface area contributed by atoms with Crippen LogP contribution in [0.25, 0.3) is 22.3 Å². The Bertz CT molecular complexity index is 2110. The highest BCUT2D eigenvalue weighted by Crippen LogP contribution is 2.38. The summed E-state index contributed by atoms with van der Waals surface area (Å²) in [5.41, 5.74) is 18.5. The summed E-state index contributed by atoms with van der Waals surface area (Å²) in [5, 5.41) is 0. The predicted molar refractivity (Wildman–Crippen MR) is 215 cm³/mol. The van der Waals surface area contributed by atoms with Crippen LogP contribution < -0.4 is 20.7 Å². The number of hydrogen-bond acceptors (Lipinski definition) is 2. The molecule has 8 rings (SSSR count). The van der Waals surface area contributed by atoms with Crippen molar-refractivity contribution in [2.45, 2.75) is 46.9 Å². The molecule has 3 heteroatoms. The zero-order valence-electron chi connectivity index (χ0n) is 29.7. The Balaban J connectivity index is 1.24. The first-order valence-corrected chi connectivity index (χ1v) is 17.8. The molecule has 2 heterocycles. The van der Waals surface area contributed by atoms with Gasteiger partial charge in [-0.2, -0.15) is 0 Å². The molecule has 50 heavy (non-hydrogen) atoms. The molecule has 0 bridgehead atoms. The van der Waals surface area contributed by atoms with E-state index in [2.05, 4.69) is 196 Å². The second-order valence-corrected chi connectivity index (χ2v) is 14.2. The average molecular weight is 647 g/mol. The Morgan fingerprint density at radius 1 is 0.500 bits per heavy atom. The third-order valence-electron chi connectivity index (χ3n) is 10.6. The first-order chi connectivity index (χ1) is 24.3. The molecule has 1 unspecified atom stereocenters. The number of fused-ring (bicyclic) bond motifs is 1. The number of anilines is 2. The molecular formula is C47H43BN2. The molecule has 2 aliphatic rings. The van der Waals surface area contributed by atoms with Gasteiger partial charge >= 0.3 is 0 Å². The van der Waals surface area contributed by atoms with Gasteiger partial charge in [-0.05, 0) is 99.5 Å². The SMILES string of the molecule is Cc1cc(C)c(B2c3c(C)cc(C)cc3CC2C=C2N(c3ccc(-c4ccccc4)cc3)C=CN2c2ccc(-c3ccccc3)cc2)c(C)c1. The molecule has 0 radical (unpaired) electrons. The normalized spacial score (nSPS) is 15.2. The molecule has 0 saturated carbocycles. The van der Waals surface area contributed by atoms with Crippen molar-refractivity contribution in [2.75, 3.05) is 9.80 Å². The van der Waals surface area contributed by atoms with E-state index in [0.29, 0.717) is 0 Å². The molecule has 2 aliphatic heterocycles. The van der Waals surface area contributed by atoms with Crippen molar-refractivity contribution >= 4 is 29.0 Å². The molecule has 0 N–H and O–H groups in total. The lowest BCUT2D eigenvalue weighted by Gasteiger charge is -2.28. The van der Waals surface area contributed by atoms with Crippen molar-refractivity contribution < 1.29 is 0 Å². The van der Waals surface area contributed by atoms with Crippen LogP contribution in [0.1, 0.15) is 33.4 Å². The van der Waals surface area contributed by atoms with Crippen LogP contribution in [-0.2, 0) is 6.42 Å². The number of aryl methyl sites for hydroxylation is 5. The van der Waals surface area contributed by atoms with Gasteiger partial charge in [-0.3, -0.25) is 0 Å². The summed E-state index contributed by atoms with van der Waals surface area (Å²) < 4.78 is 0. The Morgan fingerprint density at radius 2 is 0.920 bits per heavy atom. The maximum absolute atomic E-state index is 2.56. The Morgan fingerprint density at radius 3 is 1.40 bits per heavy atom. The Labute approximate surface area is 298 Å². The van der Waals surface area contributed by atoms with Crippen molar-refractivity contribution in [1.82, 2.24) is 0 Å². The highest BCUT2D eigenvalue weighted by molar-refractivity contribution is 6.89. The van der Waals surface area contributed by atoms with Gasteiger partial charge in [0.25, 0.3) is 0 Å². The van der Waals surface area contributed by atoms with Crippen LogP contribution in [0.3, 0.4) is 0 Å². The monoisotopic (exact) mass is 646 g/mol. The molecule has 6 aromatic carbocycles. The van der Waals surface area contributed by atoms with Gasteiger partial charge in [0.15, 0.2) is 0 Å². The molecule has 244 valence electrons. The van der Waals surface area contributed by atoms with Crippen molar-refractivity contribution in [3.8, 4) is 22.3 Å². The minimum atomic E-state index is 0.281. The van der Waals surface area contributed by atoms with E-state index in [1.54, 1.807) is 0 Å². The van der Waals surface area contributed by atoms with Gasteiger partial charge in [-0.25, -0.2) is 0 Å². The smallest absolute Gasteiger partial charge is 0.218 e. The van der Waals surface area contributed by atoms with E-state index in [1.807, 2.05) is 0 Å². The largest absolute Gasteiger partial charge is 0.302 e. The van der Waals surface area contributed by atoms with Crippen LogP contribution >= 0.6 is 0 Å². The fourth-order valence-electron chi connectivity index (χ4n) is 8.54. The van der Waals surface area contributed by atoms with Gasteiger partial charge in [0, 0.05) is 23.8 Å². The summed E-state index contributed by atoms with van der Waals surface area (Å²) in [4.78, 5) is 4.74. The van der Waals surface area contributed by atoms with E-state index in [9.17, 15) is 0 Å². The van der Waals surface area contributed by atoms with Gasteiger partial charge in [0.05, 0.1) is 0 Å². The lowest BCUT2D eigenvalue weighted by Crippen LogP contribution is -2.46. The van der Waals surface area contributed by atoms with Gasteiger partial charge < -0.3 is 9.80 Å². The predicted octanol–water partition coefficient (Wildman–Crippen LogP) is 10.4. The minimum absolute atomic E-state index is 0.281. The number of hydrogen-bond donors (Lipinski definition) is 0. The lowest BCUT2D eigenvalue weighted by molar-refractivity contribution is 0.975. The number of rotatable bonds is 6. The average Bonchev–Trinajstić information content (AvgIpc) is 3.70. The van der Waals surface area contributed by atoms with E-state index >= 15 is 0 Å². The van der Waals surface area contributed by atoms with Crippen molar-refractivity contribution in [3.05, 3.63) is 191 Å². The number of nitrogens with zero attached hydrogens (tertiary/aromatic N) is 2. The molecule has 0 aliphatic carbocycles. The van der Waals surface area contributed by atoms with Crippen LogP contribution in [0.4, 0.5) is 11.4 Å². The second kappa shape index (κ2) is 13.1. The minimum Gasteiger partial charge on any atom is -0.302 e. The molecule has 0 spiro atoms. The van der Waals surface area contributed by atoms with Crippen molar-refractivity contribution in [3.63, 3.8) is 0 Å². The molecule has 2 nitrogen and oxygen atoms in total. The highest BCUT2D eigenvalue weighted by Gasteiger charge is 2.40. The molecular weight excluding hydrogens is 603 g/mol. The van der Waals surface area contributed by atoms with Crippen LogP contribution in [0.5, 0.6) is 0 Å². The van der Waals surface area contributed by atoms with Gasteiger partial charge in [-0.1, -0.05) is 154 Å². The third-order valence-corrected chi connectivity index (χ3v) is 10.6. The fourth-order valence-corrected chi connectivity index (χ4v) is 8.54. The topological polar surface area (TPSA) is 6.48 Å². The standard InChI is InChI=1S/C47H43BN2/c1-32-26-34(3)46(35(4)27-32)48-42(30-41-29-33(2)28-36(5)47(41)48)31-45-49(43-20-16-39(17-21-43)37-12-8-6-9-13-37)24-25-50(45)44-22-18-40(19-23-44)38-14-10-7-11-15-38/h6-29,31,42H,30H2,1-5H3. The summed E-state index contributed by atoms with van der Waals surface area (Å²) >= 11 is 0. The van der Waals surface area contributed by atoms with E-state index in [0.717, 1.165) is 17.8 Å². The van der Waals surface area contributed by atoms with Gasteiger partial charge in [0.2, 0.25) is 6.71 Å². The second-order valence-electron chi connectivity index (χ2n) is 14.2. The third kappa shape index (κ3) is 5.88. The summed E-state index contributed by atoms with van der Waals surface area (Å²) in [6.07, 6.45) is 8.03. The maximum Gasteiger partial charge on any atom is 0.218 e. The van der Waals surface area contributed by atoms with Crippen LogP contribution in [0.2, 0.25) is 5.82 Å². The molecule has 0 aromatic heterocycles. The summed E-state index contributed by atoms with van der Waals surface area (Å²) in [6.45, 7) is 11.7. The Hall–Kier alpha value is -5.54. The van der Waals surface area contributed by atoms with Crippen LogP contribution in [-0.4, -0.2) is 6.71 Å². The van der Waals surface area contributed by atoms with Crippen LogP contribution in [0, 0.1) is 34.6 Å². The number of benzene rings is 6. The molecule has 0 saturated heterocycles. The van der Waals surface area contributed by atoms with Crippen molar-refractivity contribution in [2.24, 2.45) is 0 Å². The van der Waals surface area contributed by atoms with E-state index in [1.165, 1.54) is 72.4 Å². The van der Waals surface area contributed by atoms with E-state index < -0.39 is 0 Å². The zero-order valence-corrected chi connectivity index (χ0v) is 29.7. The van der Waals surface area contributed by atoms with E-state index in [4.69, 9.17) is 0 Å². The van der Waals surface area contributed by atoms with Gasteiger partial charge in [-0.15, -0.1) is 0 Å². The Kier molecular flexibility index (Phi) is 8.28. The van der Waals surface area contributed by atoms with Gasteiger partial charge in [0.1, 0.15) is 5.82 Å².